The summed E-state index contributed by atoms with van der Waals surface area (Å²) in [4.78, 5) is 0.0772. The molecule has 0 saturated carbocycles. The lowest BCUT2D eigenvalue weighted by Gasteiger charge is -2.08. The number of benzene rings is 3. The molecule has 7 heteroatoms. The summed E-state index contributed by atoms with van der Waals surface area (Å²) in [5.41, 5.74) is 3.96. The van der Waals surface area contributed by atoms with Gasteiger partial charge in [0, 0.05) is 11.3 Å². The van der Waals surface area contributed by atoms with Crippen LogP contribution >= 0.6 is 11.8 Å². The summed E-state index contributed by atoms with van der Waals surface area (Å²) in [5.74, 6) is 0.816. The number of sulfonamides is 1. The van der Waals surface area contributed by atoms with Gasteiger partial charge in [-0.1, -0.05) is 72.4 Å². The van der Waals surface area contributed by atoms with Crippen LogP contribution in [-0.4, -0.2) is 18.2 Å². The van der Waals surface area contributed by atoms with Crippen LogP contribution in [0.1, 0.15) is 5.56 Å². The summed E-state index contributed by atoms with van der Waals surface area (Å²) in [7, 11) is -3.73. The van der Waals surface area contributed by atoms with Gasteiger partial charge in [0.1, 0.15) is 5.03 Å². The number of rotatable bonds is 6. The minimum atomic E-state index is -3.73. The lowest BCUT2D eigenvalue weighted by Crippen LogP contribution is -2.12. The normalized spacial score (nSPS) is 11.5. The van der Waals surface area contributed by atoms with E-state index in [0.717, 1.165) is 27.7 Å². The van der Waals surface area contributed by atoms with Gasteiger partial charge in [-0.2, -0.15) is 5.10 Å². The van der Waals surface area contributed by atoms with Crippen LogP contribution in [-0.2, 0) is 15.8 Å². The van der Waals surface area contributed by atoms with Crippen molar-refractivity contribution in [2.24, 2.45) is 5.14 Å². The van der Waals surface area contributed by atoms with Gasteiger partial charge in [0.15, 0.2) is 0 Å². The Morgan fingerprint density at radius 3 is 2.10 bits per heavy atom. The number of aromatic nitrogens is 2. The molecule has 0 amide bonds. The minimum Gasteiger partial charge on any atom is -0.232 e. The van der Waals surface area contributed by atoms with Crippen LogP contribution in [0.2, 0.25) is 0 Å². The van der Waals surface area contributed by atoms with Crippen molar-refractivity contribution >= 4 is 21.8 Å². The molecular weight excluding hydrogens is 402 g/mol. The van der Waals surface area contributed by atoms with Gasteiger partial charge in [0.05, 0.1) is 16.3 Å². The second kappa shape index (κ2) is 8.24. The average Bonchev–Trinajstić information content (AvgIpc) is 3.17. The summed E-state index contributed by atoms with van der Waals surface area (Å²) in [6.45, 7) is 0. The Bertz CT molecular complexity index is 1200. The van der Waals surface area contributed by atoms with E-state index in [1.165, 1.54) is 17.7 Å². The molecule has 4 aromatic rings. The van der Waals surface area contributed by atoms with Gasteiger partial charge in [0.2, 0.25) is 10.0 Å². The van der Waals surface area contributed by atoms with Crippen LogP contribution in [0.15, 0.2) is 101 Å². The maximum absolute atomic E-state index is 11.5. The first-order chi connectivity index (χ1) is 14.0. The predicted octanol–water partition coefficient (Wildman–Crippen LogP) is 4.48. The molecule has 0 unspecified atom stereocenters. The lowest BCUT2D eigenvalue weighted by atomic mass is 10.1. The summed E-state index contributed by atoms with van der Waals surface area (Å²) < 4.78 is 24.9. The molecule has 1 heterocycles. The molecule has 0 atom stereocenters. The predicted molar refractivity (Wildman–Crippen MR) is 116 cm³/mol. The van der Waals surface area contributed by atoms with E-state index in [2.05, 4.69) is 18.2 Å². The fourth-order valence-corrected chi connectivity index (χ4v) is 4.31. The summed E-state index contributed by atoms with van der Waals surface area (Å²) >= 11 is 1.66. The Hall–Kier alpha value is -2.87. The van der Waals surface area contributed by atoms with Crippen LogP contribution in [0, 0.1) is 0 Å². The maximum atomic E-state index is 11.5. The van der Waals surface area contributed by atoms with Crippen molar-refractivity contribution in [3.63, 3.8) is 0 Å². The second-order valence-corrected chi connectivity index (χ2v) is 9.02. The number of thioether (sulfide) groups is 1. The minimum absolute atomic E-state index is 0.0772. The zero-order valence-corrected chi connectivity index (χ0v) is 17.1. The standard InChI is InChI=1S/C22H19N3O2S2/c23-29(26,27)20-13-11-19(12-14-20)25-21(18-9-5-2-6-10-18)15-22(24-25)28-16-17-7-3-1-4-8-17/h1-15H,16H2,(H2,23,26,27). The molecule has 2 N–H and O–H groups in total. The zero-order chi connectivity index (χ0) is 20.3. The number of primary sulfonamides is 1. The molecule has 0 aliphatic rings. The second-order valence-electron chi connectivity index (χ2n) is 6.46. The smallest absolute Gasteiger partial charge is 0.232 e. The largest absolute Gasteiger partial charge is 0.238 e. The lowest BCUT2D eigenvalue weighted by molar-refractivity contribution is 0.598. The van der Waals surface area contributed by atoms with Crippen molar-refractivity contribution in [2.45, 2.75) is 15.7 Å². The molecule has 3 aromatic carbocycles. The van der Waals surface area contributed by atoms with Crippen LogP contribution < -0.4 is 5.14 Å². The molecule has 0 bridgehead atoms. The molecule has 1 aromatic heterocycles. The third kappa shape index (κ3) is 4.59. The van der Waals surface area contributed by atoms with E-state index in [1.807, 2.05) is 53.2 Å². The van der Waals surface area contributed by atoms with Gasteiger partial charge >= 0.3 is 0 Å². The zero-order valence-electron chi connectivity index (χ0n) is 15.5. The highest BCUT2D eigenvalue weighted by Gasteiger charge is 2.14. The first-order valence-electron chi connectivity index (χ1n) is 8.96. The Morgan fingerprint density at radius 1 is 0.862 bits per heavy atom. The van der Waals surface area contributed by atoms with Gasteiger partial charge < -0.3 is 0 Å². The fourth-order valence-electron chi connectivity index (χ4n) is 2.95. The van der Waals surface area contributed by atoms with Crippen molar-refractivity contribution in [3.8, 4) is 16.9 Å². The van der Waals surface area contributed by atoms with Gasteiger partial charge in [-0.15, -0.1) is 0 Å². The Morgan fingerprint density at radius 2 is 1.48 bits per heavy atom. The first kappa shape index (κ1) is 19.4. The van der Waals surface area contributed by atoms with E-state index in [9.17, 15) is 8.42 Å². The monoisotopic (exact) mass is 421 g/mol. The quantitative estimate of drug-likeness (QED) is 0.466. The Balaban J connectivity index is 1.70. The number of nitrogens with zero attached hydrogens (tertiary/aromatic N) is 2. The first-order valence-corrected chi connectivity index (χ1v) is 11.5. The highest BCUT2D eigenvalue weighted by Crippen LogP contribution is 2.30. The van der Waals surface area contributed by atoms with E-state index < -0.39 is 10.0 Å². The highest BCUT2D eigenvalue weighted by atomic mass is 32.2. The number of nitrogens with two attached hydrogens (primary N) is 1. The van der Waals surface area contributed by atoms with Crippen molar-refractivity contribution in [1.82, 2.24) is 9.78 Å². The molecule has 146 valence electrons. The fraction of sp³-hybridized carbons (Fsp3) is 0.0455. The molecular formula is C22H19N3O2S2. The molecule has 0 radical (unpaired) electrons. The third-order valence-electron chi connectivity index (χ3n) is 4.40. The highest BCUT2D eigenvalue weighted by molar-refractivity contribution is 7.98. The van der Waals surface area contributed by atoms with Crippen LogP contribution in [0.25, 0.3) is 16.9 Å². The van der Waals surface area contributed by atoms with Gasteiger partial charge in [-0.05, 0) is 35.9 Å². The van der Waals surface area contributed by atoms with E-state index in [1.54, 1.807) is 23.9 Å². The SMILES string of the molecule is NS(=O)(=O)c1ccc(-n2nc(SCc3ccccc3)cc2-c2ccccc2)cc1. The molecule has 29 heavy (non-hydrogen) atoms. The van der Waals surface area contributed by atoms with Crippen LogP contribution in [0.5, 0.6) is 0 Å². The van der Waals surface area contributed by atoms with Crippen LogP contribution in [0.3, 0.4) is 0 Å². The average molecular weight is 422 g/mol. The molecule has 0 spiro atoms. The van der Waals surface area contributed by atoms with Gasteiger partial charge in [0.25, 0.3) is 0 Å². The summed E-state index contributed by atoms with van der Waals surface area (Å²) in [5, 5.41) is 10.9. The Kier molecular flexibility index (Phi) is 5.53. The van der Waals surface area contributed by atoms with E-state index in [0.29, 0.717) is 0 Å². The molecule has 4 rings (SSSR count). The van der Waals surface area contributed by atoms with Gasteiger partial charge in [-0.25, -0.2) is 18.2 Å². The van der Waals surface area contributed by atoms with E-state index in [4.69, 9.17) is 10.2 Å². The summed E-state index contributed by atoms with van der Waals surface area (Å²) in [6.07, 6.45) is 0. The van der Waals surface area contributed by atoms with E-state index >= 15 is 0 Å². The third-order valence-corrected chi connectivity index (χ3v) is 6.30. The van der Waals surface area contributed by atoms with Gasteiger partial charge in [-0.3, -0.25) is 0 Å². The van der Waals surface area contributed by atoms with Crippen molar-refractivity contribution in [2.75, 3.05) is 0 Å². The Labute approximate surface area is 174 Å². The maximum Gasteiger partial charge on any atom is 0.238 e. The number of hydrogen-bond acceptors (Lipinski definition) is 4. The molecule has 0 saturated heterocycles. The number of hydrogen-bond donors (Lipinski definition) is 1. The molecule has 0 fully saturated rings. The van der Waals surface area contributed by atoms with E-state index in [-0.39, 0.29) is 4.90 Å². The van der Waals surface area contributed by atoms with Crippen molar-refractivity contribution in [1.29, 1.82) is 0 Å². The van der Waals surface area contributed by atoms with Crippen LogP contribution in [0.4, 0.5) is 0 Å². The van der Waals surface area contributed by atoms with Crippen molar-refractivity contribution < 1.29 is 8.42 Å². The molecule has 0 aliphatic carbocycles. The topological polar surface area (TPSA) is 78.0 Å². The van der Waals surface area contributed by atoms with Crippen molar-refractivity contribution in [3.05, 3.63) is 96.6 Å². The summed E-state index contributed by atoms with van der Waals surface area (Å²) in [6, 6.07) is 28.7. The molecule has 5 nitrogen and oxygen atoms in total. The molecule has 0 aliphatic heterocycles.